The fourth-order valence-corrected chi connectivity index (χ4v) is 4.97. The Morgan fingerprint density at radius 3 is 2.46 bits per heavy atom. The minimum Gasteiger partial charge on any atom is -0.508 e. The zero-order chi connectivity index (χ0) is 27.9. The molecule has 0 bridgehead atoms. The standard InChI is InChI=1S/C30H42N4O5/c1-19-8-11-22-6-4-5-7-26(22)39-17-16-31-27(23-12-13-23)30(38)34(3)20(2)28(36)33-25(29(37)32-19)18-21-9-14-24(35)15-10-21/h4-7,9-10,14-15,19-20,23,25,27-28,31,33,35-36H,8,11-13,16-18H2,1-3H3,(H,32,37)/t19-,20-,25-,27+,28?/m1/s1. The predicted octanol–water partition coefficient (Wildman–Crippen LogP) is 1.96. The average Bonchev–Trinajstić information content (AvgIpc) is 3.77. The number of aryl methyl sites for hydroxylation is 1. The fraction of sp³-hybridized carbons (Fsp3) is 0.533. The van der Waals surface area contributed by atoms with Gasteiger partial charge in [0, 0.05) is 19.6 Å². The third-order valence-corrected chi connectivity index (χ3v) is 7.77. The first-order valence-corrected chi connectivity index (χ1v) is 14.0. The Balaban J connectivity index is 1.57. The number of rotatable bonds is 3. The second kappa shape index (κ2) is 13.3. The number of amides is 2. The van der Waals surface area contributed by atoms with Crippen LogP contribution in [0.2, 0.25) is 0 Å². The number of fused-ring (bicyclic) bond motifs is 1. The smallest absolute Gasteiger partial charge is 0.240 e. The summed E-state index contributed by atoms with van der Waals surface area (Å²) < 4.78 is 6.09. The van der Waals surface area contributed by atoms with Gasteiger partial charge in [0.1, 0.15) is 24.3 Å². The lowest BCUT2D eigenvalue weighted by Gasteiger charge is -2.34. The third-order valence-electron chi connectivity index (χ3n) is 7.77. The third kappa shape index (κ3) is 7.94. The Hall–Kier alpha value is -3.14. The molecule has 9 heteroatoms. The molecular weight excluding hydrogens is 496 g/mol. The van der Waals surface area contributed by atoms with E-state index in [1.54, 1.807) is 43.1 Å². The number of aliphatic hydroxyl groups is 1. The van der Waals surface area contributed by atoms with Crippen LogP contribution < -0.4 is 20.7 Å². The van der Waals surface area contributed by atoms with Gasteiger partial charge in [-0.3, -0.25) is 14.9 Å². The Bertz CT molecular complexity index is 1110. The number of aliphatic hydroxyl groups excluding tert-OH is 1. The molecule has 1 aliphatic heterocycles. The molecule has 5 N–H and O–H groups in total. The van der Waals surface area contributed by atoms with Gasteiger partial charge in [0.25, 0.3) is 0 Å². The van der Waals surface area contributed by atoms with Crippen molar-refractivity contribution in [3.63, 3.8) is 0 Å². The van der Waals surface area contributed by atoms with Crippen molar-refractivity contribution in [1.29, 1.82) is 0 Å². The average molecular weight is 539 g/mol. The summed E-state index contributed by atoms with van der Waals surface area (Å²) in [5, 5.41) is 30.3. The van der Waals surface area contributed by atoms with Crippen LogP contribution in [-0.2, 0) is 22.4 Å². The zero-order valence-electron chi connectivity index (χ0n) is 23.1. The van der Waals surface area contributed by atoms with Crippen molar-refractivity contribution in [2.24, 2.45) is 5.92 Å². The Morgan fingerprint density at radius 2 is 1.74 bits per heavy atom. The van der Waals surface area contributed by atoms with Crippen molar-refractivity contribution in [1.82, 2.24) is 20.9 Å². The van der Waals surface area contributed by atoms with Crippen LogP contribution in [0.25, 0.3) is 0 Å². The largest absolute Gasteiger partial charge is 0.508 e. The van der Waals surface area contributed by atoms with Crippen molar-refractivity contribution in [3.8, 4) is 11.5 Å². The van der Waals surface area contributed by atoms with E-state index in [0.29, 0.717) is 19.6 Å². The number of benzene rings is 2. The summed E-state index contributed by atoms with van der Waals surface area (Å²) in [7, 11) is 1.69. The summed E-state index contributed by atoms with van der Waals surface area (Å²) in [5.74, 6) is 0.907. The van der Waals surface area contributed by atoms with Crippen molar-refractivity contribution in [2.75, 3.05) is 20.2 Å². The van der Waals surface area contributed by atoms with Gasteiger partial charge in [-0.05, 0) is 81.2 Å². The first-order valence-electron chi connectivity index (χ1n) is 14.0. The molecule has 39 heavy (non-hydrogen) atoms. The Kier molecular flexibility index (Phi) is 9.83. The molecule has 0 spiro atoms. The van der Waals surface area contributed by atoms with Crippen LogP contribution in [0, 0.1) is 5.92 Å². The predicted molar refractivity (Wildman–Crippen MR) is 149 cm³/mol. The molecule has 9 nitrogen and oxygen atoms in total. The van der Waals surface area contributed by atoms with E-state index in [1.807, 2.05) is 31.2 Å². The van der Waals surface area contributed by atoms with E-state index in [9.17, 15) is 19.8 Å². The normalized spacial score (nSPS) is 28.0. The molecule has 0 radical (unpaired) electrons. The zero-order valence-corrected chi connectivity index (χ0v) is 23.1. The Morgan fingerprint density at radius 1 is 1.03 bits per heavy atom. The number of nitrogens with zero attached hydrogens (tertiary/aromatic N) is 1. The van der Waals surface area contributed by atoms with Crippen molar-refractivity contribution >= 4 is 11.8 Å². The van der Waals surface area contributed by atoms with Crippen LogP contribution in [-0.4, -0.2) is 77.5 Å². The summed E-state index contributed by atoms with van der Waals surface area (Å²) in [4.78, 5) is 28.5. The van der Waals surface area contributed by atoms with Gasteiger partial charge in [-0.1, -0.05) is 30.3 Å². The highest BCUT2D eigenvalue weighted by Crippen LogP contribution is 2.33. The number of aromatic hydroxyl groups is 1. The number of phenolic OH excluding ortho intramolecular Hbond substituents is 1. The van der Waals surface area contributed by atoms with Gasteiger partial charge in [-0.15, -0.1) is 0 Å². The van der Waals surface area contributed by atoms with Gasteiger partial charge in [0.05, 0.1) is 18.1 Å². The summed E-state index contributed by atoms with van der Waals surface area (Å²) in [6.07, 6.45) is 2.61. The number of para-hydroxylation sites is 1. The first-order chi connectivity index (χ1) is 18.7. The number of nitrogens with one attached hydrogen (secondary N) is 3. The summed E-state index contributed by atoms with van der Waals surface area (Å²) in [6, 6.07) is 12.8. The fourth-order valence-electron chi connectivity index (χ4n) is 4.97. The molecular formula is C30H42N4O5. The Labute approximate surface area is 230 Å². The van der Waals surface area contributed by atoms with Crippen LogP contribution in [0.4, 0.5) is 0 Å². The highest BCUT2D eigenvalue weighted by Gasteiger charge is 2.39. The minimum absolute atomic E-state index is 0.0828. The quantitative estimate of drug-likeness (QED) is 0.405. The minimum atomic E-state index is -1.13. The van der Waals surface area contributed by atoms with Gasteiger partial charge in [0.15, 0.2) is 0 Å². The molecule has 2 aliphatic rings. The van der Waals surface area contributed by atoms with Gasteiger partial charge < -0.3 is 30.5 Å². The van der Waals surface area contributed by atoms with Crippen molar-refractivity contribution in [2.45, 2.75) is 76.3 Å². The lowest BCUT2D eigenvalue weighted by molar-refractivity contribution is -0.137. The maximum atomic E-state index is 13.5. The number of likely N-dealkylation sites (N-methyl/N-ethyl adjacent to an activating group) is 1. The monoisotopic (exact) mass is 538 g/mol. The first kappa shape index (κ1) is 28.9. The number of hydrogen-bond donors (Lipinski definition) is 5. The number of carbonyl (C=O) groups is 2. The summed E-state index contributed by atoms with van der Waals surface area (Å²) in [6.45, 7) is 4.70. The molecule has 1 aliphatic carbocycles. The summed E-state index contributed by atoms with van der Waals surface area (Å²) in [5.41, 5.74) is 1.90. The van der Waals surface area contributed by atoms with Gasteiger partial charge in [-0.2, -0.15) is 0 Å². The van der Waals surface area contributed by atoms with Gasteiger partial charge in [-0.25, -0.2) is 0 Å². The molecule has 1 unspecified atom stereocenters. The van der Waals surface area contributed by atoms with E-state index in [0.717, 1.165) is 42.6 Å². The number of carbonyl (C=O) groups excluding carboxylic acids is 2. The van der Waals surface area contributed by atoms with Crippen LogP contribution in [0.1, 0.15) is 44.2 Å². The second-order valence-electron chi connectivity index (χ2n) is 10.9. The maximum absolute atomic E-state index is 13.5. The molecule has 1 saturated carbocycles. The number of phenols is 1. The van der Waals surface area contributed by atoms with Gasteiger partial charge in [0.2, 0.25) is 11.8 Å². The lowest BCUT2D eigenvalue weighted by atomic mass is 10.0. The second-order valence-corrected chi connectivity index (χ2v) is 10.9. The highest BCUT2D eigenvalue weighted by molar-refractivity contribution is 5.83. The molecule has 4 rings (SSSR count). The molecule has 5 atom stereocenters. The molecule has 0 aromatic heterocycles. The summed E-state index contributed by atoms with van der Waals surface area (Å²) >= 11 is 0. The lowest BCUT2D eigenvalue weighted by Crippen LogP contribution is -2.59. The molecule has 2 aromatic carbocycles. The molecule has 2 aromatic rings. The van der Waals surface area contributed by atoms with E-state index in [-0.39, 0.29) is 35.6 Å². The molecule has 1 heterocycles. The van der Waals surface area contributed by atoms with Crippen molar-refractivity contribution < 1.29 is 24.5 Å². The van der Waals surface area contributed by atoms with E-state index in [4.69, 9.17) is 4.74 Å². The van der Waals surface area contributed by atoms with Gasteiger partial charge >= 0.3 is 0 Å². The number of hydrogen-bond acceptors (Lipinski definition) is 7. The van der Waals surface area contributed by atoms with E-state index < -0.39 is 18.3 Å². The maximum Gasteiger partial charge on any atom is 0.240 e. The van der Waals surface area contributed by atoms with E-state index in [1.165, 1.54) is 0 Å². The van der Waals surface area contributed by atoms with Crippen molar-refractivity contribution in [3.05, 3.63) is 59.7 Å². The number of ether oxygens (including phenoxy) is 1. The molecule has 0 saturated heterocycles. The topological polar surface area (TPSA) is 123 Å². The van der Waals surface area contributed by atoms with E-state index >= 15 is 0 Å². The molecule has 2 amide bonds. The van der Waals surface area contributed by atoms with Crippen LogP contribution in [0.3, 0.4) is 0 Å². The van der Waals surface area contributed by atoms with Crippen LogP contribution >= 0.6 is 0 Å². The molecule has 1 fully saturated rings. The highest BCUT2D eigenvalue weighted by atomic mass is 16.5. The van der Waals surface area contributed by atoms with Crippen LogP contribution in [0.5, 0.6) is 11.5 Å². The van der Waals surface area contributed by atoms with E-state index in [2.05, 4.69) is 16.0 Å². The van der Waals surface area contributed by atoms with Crippen LogP contribution in [0.15, 0.2) is 48.5 Å². The SMILES string of the molecule is C[C@@H]1CCc2ccccc2OCCN[C@@H](C2CC2)C(=O)N(C)[C@H](C)C(O)N[C@H](Cc2ccc(O)cc2)C(=O)N1. The molecule has 212 valence electrons.